The van der Waals surface area contributed by atoms with E-state index in [1.165, 1.54) is 36.0 Å². The number of carbonyl (C=O) groups excluding carboxylic acids is 4. The van der Waals surface area contributed by atoms with Crippen molar-refractivity contribution >= 4 is 75.0 Å². The van der Waals surface area contributed by atoms with E-state index in [1.54, 1.807) is 5.38 Å². The number of esters is 1. The molecule has 0 fully saturated rings. The van der Waals surface area contributed by atoms with E-state index in [9.17, 15) is 19.2 Å². The molecule has 1 atom stereocenters. The third-order valence-corrected chi connectivity index (χ3v) is 5.93. The molecule has 1 unspecified atom stereocenters. The standard InChI is InChI=1S/C19H19Cl2N3O5S2/c1-30-6-5-14(23-17(27)11-3-2-10(20)8-13(11)21)19(28)29-9-15(25)24-18-12(16(22)26)4-7-31-18/h2-4,7-8,14H,5-6,9H2,1H3,(H2,22,26)(H,23,27)(H,24,25). The van der Waals surface area contributed by atoms with Crippen LogP contribution in [0.5, 0.6) is 0 Å². The highest BCUT2D eigenvalue weighted by atomic mass is 35.5. The van der Waals surface area contributed by atoms with Crippen molar-refractivity contribution in [1.29, 1.82) is 0 Å². The molecule has 1 aromatic carbocycles. The lowest BCUT2D eigenvalue weighted by Gasteiger charge is -2.18. The third-order valence-electron chi connectivity index (χ3n) is 3.91. The smallest absolute Gasteiger partial charge is 0.329 e. The molecular weight excluding hydrogens is 485 g/mol. The highest BCUT2D eigenvalue weighted by Crippen LogP contribution is 2.23. The Balaban J connectivity index is 1.98. The van der Waals surface area contributed by atoms with E-state index in [4.69, 9.17) is 33.7 Å². The largest absolute Gasteiger partial charge is 0.454 e. The topological polar surface area (TPSA) is 128 Å². The van der Waals surface area contributed by atoms with Gasteiger partial charge in [0.15, 0.2) is 6.61 Å². The number of benzene rings is 1. The number of hydrogen-bond donors (Lipinski definition) is 3. The summed E-state index contributed by atoms with van der Waals surface area (Å²) in [4.78, 5) is 48.4. The Kier molecular flexibility index (Phi) is 9.63. The second kappa shape index (κ2) is 11.9. The van der Waals surface area contributed by atoms with E-state index in [1.807, 2.05) is 6.26 Å². The van der Waals surface area contributed by atoms with Gasteiger partial charge in [0.1, 0.15) is 11.0 Å². The number of carbonyl (C=O) groups is 4. The van der Waals surface area contributed by atoms with Crippen LogP contribution in [0.15, 0.2) is 29.6 Å². The molecule has 0 saturated heterocycles. The van der Waals surface area contributed by atoms with Crippen LogP contribution in [-0.2, 0) is 14.3 Å². The Labute approximate surface area is 196 Å². The number of thiophene rings is 1. The molecule has 3 amide bonds. The van der Waals surface area contributed by atoms with Gasteiger partial charge < -0.3 is 21.1 Å². The lowest BCUT2D eigenvalue weighted by molar-refractivity contribution is -0.149. The van der Waals surface area contributed by atoms with Gasteiger partial charge in [-0.1, -0.05) is 23.2 Å². The molecule has 0 aliphatic heterocycles. The minimum Gasteiger partial charge on any atom is -0.454 e. The van der Waals surface area contributed by atoms with E-state index in [0.717, 1.165) is 11.3 Å². The molecule has 12 heteroatoms. The fourth-order valence-electron chi connectivity index (χ4n) is 2.39. The first kappa shape index (κ1) is 25.0. The summed E-state index contributed by atoms with van der Waals surface area (Å²) in [7, 11) is 0. The number of anilines is 1. The van der Waals surface area contributed by atoms with Crippen LogP contribution in [0.25, 0.3) is 0 Å². The van der Waals surface area contributed by atoms with Crippen molar-refractivity contribution in [3.63, 3.8) is 0 Å². The van der Waals surface area contributed by atoms with Gasteiger partial charge >= 0.3 is 5.97 Å². The number of amides is 3. The highest BCUT2D eigenvalue weighted by Gasteiger charge is 2.24. The first-order valence-electron chi connectivity index (χ1n) is 8.81. The molecule has 4 N–H and O–H groups in total. The van der Waals surface area contributed by atoms with Gasteiger partial charge in [0.25, 0.3) is 17.7 Å². The minimum atomic E-state index is -0.984. The number of ether oxygens (including phenoxy) is 1. The minimum absolute atomic E-state index is 0.141. The zero-order valence-corrected chi connectivity index (χ0v) is 19.4. The molecule has 1 heterocycles. The Morgan fingerprint density at radius 2 is 1.94 bits per heavy atom. The quantitative estimate of drug-likeness (QED) is 0.427. The van der Waals surface area contributed by atoms with Crippen molar-refractivity contribution in [2.75, 3.05) is 23.9 Å². The molecule has 166 valence electrons. The Morgan fingerprint density at radius 1 is 1.19 bits per heavy atom. The molecule has 2 rings (SSSR count). The van der Waals surface area contributed by atoms with E-state index < -0.39 is 36.3 Å². The van der Waals surface area contributed by atoms with E-state index in [-0.39, 0.29) is 27.6 Å². The second-order valence-corrected chi connectivity index (χ2v) is 8.86. The molecular formula is C19H19Cl2N3O5S2. The molecule has 2 aromatic rings. The number of thioether (sulfide) groups is 1. The number of hydrogen-bond acceptors (Lipinski definition) is 7. The Hall–Kier alpha value is -2.27. The summed E-state index contributed by atoms with van der Waals surface area (Å²) in [6.07, 6.45) is 2.14. The van der Waals surface area contributed by atoms with Crippen LogP contribution in [-0.4, -0.2) is 48.3 Å². The van der Waals surface area contributed by atoms with Crippen molar-refractivity contribution < 1.29 is 23.9 Å². The van der Waals surface area contributed by atoms with Crippen molar-refractivity contribution in [1.82, 2.24) is 5.32 Å². The number of rotatable bonds is 10. The van der Waals surface area contributed by atoms with Gasteiger partial charge in [-0.3, -0.25) is 14.4 Å². The first-order chi connectivity index (χ1) is 14.7. The SMILES string of the molecule is CSCCC(NC(=O)c1ccc(Cl)cc1Cl)C(=O)OCC(=O)Nc1sccc1C(N)=O. The van der Waals surface area contributed by atoms with Crippen molar-refractivity contribution in [3.05, 3.63) is 50.8 Å². The van der Waals surface area contributed by atoms with Gasteiger partial charge in [0.05, 0.1) is 16.1 Å². The predicted molar refractivity (Wildman–Crippen MR) is 123 cm³/mol. The van der Waals surface area contributed by atoms with Crippen LogP contribution >= 0.6 is 46.3 Å². The highest BCUT2D eigenvalue weighted by molar-refractivity contribution is 7.98. The van der Waals surface area contributed by atoms with E-state index in [2.05, 4.69) is 10.6 Å². The summed E-state index contributed by atoms with van der Waals surface area (Å²) < 4.78 is 5.06. The van der Waals surface area contributed by atoms with Gasteiger partial charge in [-0.05, 0) is 48.1 Å². The predicted octanol–water partition coefficient (Wildman–Crippen LogP) is 3.19. The van der Waals surface area contributed by atoms with Crippen LogP contribution in [0.4, 0.5) is 5.00 Å². The normalized spacial score (nSPS) is 11.5. The van der Waals surface area contributed by atoms with E-state index >= 15 is 0 Å². The molecule has 0 radical (unpaired) electrons. The van der Waals surface area contributed by atoms with Gasteiger partial charge in [-0.2, -0.15) is 11.8 Å². The van der Waals surface area contributed by atoms with Crippen LogP contribution in [0.2, 0.25) is 10.0 Å². The molecule has 0 spiro atoms. The van der Waals surface area contributed by atoms with Crippen LogP contribution in [0.1, 0.15) is 27.1 Å². The maximum Gasteiger partial charge on any atom is 0.329 e. The fourth-order valence-corrected chi connectivity index (χ4v) is 4.17. The third kappa shape index (κ3) is 7.42. The summed E-state index contributed by atoms with van der Waals surface area (Å²) in [5, 5.41) is 7.41. The molecule has 0 bridgehead atoms. The Bertz CT molecular complexity index is 983. The average Bonchev–Trinajstić information content (AvgIpc) is 3.17. The van der Waals surface area contributed by atoms with Crippen LogP contribution in [0, 0.1) is 0 Å². The van der Waals surface area contributed by atoms with E-state index in [0.29, 0.717) is 10.8 Å². The van der Waals surface area contributed by atoms with Gasteiger partial charge in [0.2, 0.25) is 0 Å². The molecule has 8 nitrogen and oxygen atoms in total. The molecule has 31 heavy (non-hydrogen) atoms. The van der Waals surface area contributed by atoms with Crippen molar-refractivity contribution in [2.45, 2.75) is 12.5 Å². The number of nitrogens with one attached hydrogen (secondary N) is 2. The summed E-state index contributed by atoms with van der Waals surface area (Å²) in [5.74, 6) is -2.11. The van der Waals surface area contributed by atoms with Crippen molar-refractivity contribution in [3.8, 4) is 0 Å². The number of primary amides is 1. The number of halogens is 2. The zero-order chi connectivity index (χ0) is 23.0. The number of nitrogens with two attached hydrogens (primary N) is 1. The van der Waals surface area contributed by atoms with Crippen molar-refractivity contribution in [2.24, 2.45) is 5.73 Å². The second-order valence-electron chi connectivity index (χ2n) is 6.12. The van der Waals surface area contributed by atoms with Crippen LogP contribution in [0.3, 0.4) is 0 Å². The van der Waals surface area contributed by atoms with Crippen LogP contribution < -0.4 is 16.4 Å². The maximum atomic E-state index is 12.5. The summed E-state index contributed by atoms with van der Waals surface area (Å²) in [5.41, 5.74) is 5.55. The molecule has 1 aromatic heterocycles. The summed E-state index contributed by atoms with van der Waals surface area (Å²) in [6, 6.07) is 4.86. The zero-order valence-electron chi connectivity index (χ0n) is 16.3. The first-order valence-corrected chi connectivity index (χ1v) is 11.8. The molecule has 0 aliphatic rings. The molecule has 0 aliphatic carbocycles. The molecule has 0 saturated carbocycles. The summed E-state index contributed by atoms with van der Waals surface area (Å²) >= 11 is 14.5. The van der Waals surface area contributed by atoms with Gasteiger partial charge in [-0.25, -0.2) is 4.79 Å². The monoisotopic (exact) mass is 503 g/mol. The fraction of sp³-hybridized carbons (Fsp3) is 0.263. The average molecular weight is 504 g/mol. The lowest BCUT2D eigenvalue weighted by atomic mass is 10.1. The van der Waals surface area contributed by atoms with Gasteiger partial charge in [-0.15, -0.1) is 11.3 Å². The maximum absolute atomic E-state index is 12.5. The Morgan fingerprint density at radius 3 is 2.58 bits per heavy atom. The summed E-state index contributed by atoms with van der Waals surface area (Å²) in [6.45, 7) is -0.595. The van der Waals surface area contributed by atoms with Gasteiger partial charge in [0, 0.05) is 5.02 Å². The lowest BCUT2D eigenvalue weighted by Crippen LogP contribution is -2.43.